The van der Waals surface area contributed by atoms with Gasteiger partial charge in [-0.2, -0.15) is 12.8 Å². The number of hydrogen-bond donors (Lipinski definition) is 0. The van der Waals surface area contributed by atoms with E-state index in [1.165, 1.54) is 12.3 Å². The van der Waals surface area contributed by atoms with E-state index in [1.54, 1.807) is 55.7 Å². The summed E-state index contributed by atoms with van der Waals surface area (Å²) in [6.45, 7) is 0. The van der Waals surface area contributed by atoms with Crippen molar-refractivity contribution in [2.45, 2.75) is 5.03 Å². The van der Waals surface area contributed by atoms with Crippen LogP contribution >= 0.6 is 0 Å². The van der Waals surface area contributed by atoms with Crippen LogP contribution in [0.4, 0.5) is 0 Å². The lowest BCUT2D eigenvalue weighted by Gasteiger charge is -2.05. The molecule has 0 fully saturated rings. The first kappa shape index (κ1) is 20.2. The van der Waals surface area contributed by atoms with E-state index in [0.717, 1.165) is 5.56 Å². The SMILES string of the molecule is COc1ccc(C(/C=C/C=C/c2ccccc2)=N\S(=O)(=O)c2ccccn2)cc1. The maximum atomic E-state index is 12.7. The maximum Gasteiger partial charge on any atom is 0.300 e. The number of sulfonamides is 1. The minimum Gasteiger partial charge on any atom is -0.497 e. The summed E-state index contributed by atoms with van der Waals surface area (Å²) in [5, 5.41) is -0.0979. The number of hydrogen-bond acceptors (Lipinski definition) is 4. The van der Waals surface area contributed by atoms with Crippen LogP contribution in [-0.2, 0) is 10.0 Å². The maximum absolute atomic E-state index is 12.7. The Kier molecular flexibility index (Phi) is 6.71. The number of rotatable bonds is 7. The van der Waals surface area contributed by atoms with Gasteiger partial charge in [0.2, 0.25) is 0 Å². The Labute approximate surface area is 170 Å². The highest BCUT2D eigenvalue weighted by atomic mass is 32.2. The lowest BCUT2D eigenvalue weighted by Crippen LogP contribution is -2.06. The highest BCUT2D eigenvalue weighted by molar-refractivity contribution is 7.90. The summed E-state index contributed by atoms with van der Waals surface area (Å²) in [7, 11) is -2.37. The summed E-state index contributed by atoms with van der Waals surface area (Å²) in [4.78, 5) is 3.91. The van der Waals surface area contributed by atoms with Crippen molar-refractivity contribution in [1.29, 1.82) is 0 Å². The van der Waals surface area contributed by atoms with Crippen LogP contribution in [-0.4, -0.2) is 26.2 Å². The average molecular weight is 404 g/mol. The minimum absolute atomic E-state index is 0.0979. The van der Waals surface area contributed by atoms with Crippen molar-refractivity contribution in [2.75, 3.05) is 7.11 Å². The first-order valence-electron chi connectivity index (χ1n) is 8.89. The van der Waals surface area contributed by atoms with E-state index in [1.807, 2.05) is 42.5 Å². The average Bonchev–Trinajstić information content (AvgIpc) is 2.77. The zero-order chi connectivity index (χ0) is 20.5. The zero-order valence-electron chi connectivity index (χ0n) is 15.8. The van der Waals surface area contributed by atoms with Crippen LogP contribution in [0.5, 0.6) is 5.75 Å². The molecule has 0 radical (unpaired) electrons. The monoisotopic (exact) mass is 404 g/mol. The van der Waals surface area contributed by atoms with Gasteiger partial charge in [-0.25, -0.2) is 4.98 Å². The van der Waals surface area contributed by atoms with Gasteiger partial charge in [0.25, 0.3) is 10.0 Å². The lowest BCUT2D eigenvalue weighted by atomic mass is 10.1. The molecule has 0 spiro atoms. The molecule has 0 N–H and O–H groups in total. The van der Waals surface area contributed by atoms with Crippen LogP contribution in [0.25, 0.3) is 6.08 Å². The zero-order valence-corrected chi connectivity index (χ0v) is 16.7. The van der Waals surface area contributed by atoms with Gasteiger partial charge in [0, 0.05) is 11.8 Å². The highest BCUT2D eigenvalue weighted by Gasteiger charge is 2.15. The first-order valence-corrected chi connectivity index (χ1v) is 10.3. The third-order valence-corrected chi connectivity index (χ3v) is 5.17. The van der Waals surface area contributed by atoms with Gasteiger partial charge in [-0.3, -0.25) is 0 Å². The summed E-state index contributed by atoms with van der Waals surface area (Å²) < 4.78 is 34.5. The van der Waals surface area contributed by atoms with E-state index in [-0.39, 0.29) is 5.03 Å². The number of aromatic nitrogens is 1. The molecule has 0 aliphatic rings. The van der Waals surface area contributed by atoms with Crippen LogP contribution in [0.1, 0.15) is 11.1 Å². The fourth-order valence-corrected chi connectivity index (χ4v) is 3.46. The third-order valence-electron chi connectivity index (χ3n) is 3.96. The largest absolute Gasteiger partial charge is 0.497 e. The third kappa shape index (κ3) is 5.73. The van der Waals surface area contributed by atoms with Gasteiger partial charge in [0.15, 0.2) is 5.03 Å². The number of pyridine rings is 1. The predicted molar refractivity (Wildman–Crippen MR) is 116 cm³/mol. The van der Waals surface area contributed by atoms with Gasteiger partial charge in [0.1, 0.15) is 5.75 Å². The molecule has 0 amide bonds. The van der Waals surface area contributed by atoms with E-state index >= 15 is 0 Å². The van der Waals surface area contributed by atoms with Crippen molar-refractivity contribution in [3.8, 4) is 5.75 Å². The molecule has 0 aliphatic carbocycles. The molecule has 0 saturated carbocycles. The molecule has 0 atom stereocenters. The summed E-state index contributed by atoms with van der Waals surface area (Å²) in [5.74, 6) is 0.675. The minimum atomic E-state index is -3.94. The molecule has 29 heavy (non-hydrogen) atoms. The molecule has 6 heteroatoms. The van der Waals surface area contributed by atoms with Crippen LogP contribution in [0.3, 0.4) is 0 Å². The van der Waals surface area contributed by atoms with Gasteiger partial charge in [0.05, 0.1) is 12.8 Å². The van der Waals surface area contributed by atoms with E-state index in [9.17, 15) is 8.42 Å². The number of nitrogens with zero attached hydrogens (tertiary/aromatic N) is 2. The quantitative estimate of drug-likeness (QED) is 0.428. The Morgan fingerprint density at radius 3 is 2.31 bits per heavy atom. The van der Waals surface area contributed by atoms with E-state index in [0.29, 0.717) is 17.0 Å². The Hall–Kier alpha value is -3.51. The van der Waals surface area contributed by atoms with Crippen molar-refractivity contribution < 1.29 is 13.2 Å². The molecule has 3 rings (SSSR count). The number of benzene rings is 2. The fourth-order valence-electron chi connectivity index (χ4n) is 2.49. The highest BCUT2D eigenvalue weighted by Crippen LogP contribution is 2.16. The van der Waals surface area contributed by atoms with E-state index in [2.05, 4.69) is 9.38 Å². The summed E-state index contributed by atoms with van der Waals surface area (Å²) in [6.07, 6.45) is 8.59. The standard InChI is InChI=1S/C23H20N2O3S/c1-28-21-16-14-20(15-17-21)22(12-6-5-11-19-9-3-2-4-10-19)25-29(26,27)23-13-7-8-18-24-23/h2-18H,1H3/b11-5+,12-6+,25-22-. The normalized spacial score (nSPS) is 12.5. The van der Waals surface area contributed by atoms with Gasteiger partial charge in [-0.05, 0) is 48.0 Å². The number of ether oxygens (including phenoxy) is 1. The van der Waals surface area contributed by atoms with E-state index < -0.39 is 10.0 Å². The van der Waals surface area contributed by atoms with Crippen LogP contribution in [0.2, 0.25) is 0 Å². The van der Waals surface area contributed by atoms with Crippen LogP contribution in [0, 0.1) is 0 Å². The Balaban J connectivity index is 1.95. The topological polar surface area (TPSA) is 68.6 Å². The second-order valence-corrected chi connectivity index (χ2v) is 7.53. The molecule has 0 bridgehead atoms. The second-order valence-electron chi connectivity index (χ2n) is 5.98. The van der Waals surface area contributed by atoms with Crippen LogP contribution in [0.15, 0.2) is 107 Å². The van der Waals surface area contributed by atoms with Crippen molar-refractivity contribution in [3.63, 3.8) is 0 Å². The van der Waals surface area contributed by atoms with Gasteiger partial charge < -0.3 is 4.74 Å². The van der Waals surface area contributed by atoms with Crippen molar-refractivity contribution >= 4 is 21.8 Å². The van der Waals surface area contributed by atoms with Crippen molar-refractivity contribution in [2.24, 2.45) is 4.40 Å². The van der Waals surface area contributed by atoms with Gasteiger partial charge in [-0.1, -0.05) is 54.6 Å². The summed E-state index contributed by atoms with van der Waals surface area (Å²) in [5.41, 5.74) is 1.99. The molecule has 5 nitrogen and oxygen atoms in total. The van der Waals surface area contributed by atoms with Gasteiger partial charge in [-0.15, -0.1) is 0 Å². The second kappa shape index (κ2) is 9.61. The predicted octanol–water partition coefficient (Wildman–Crippen LogP) is 4.54. The fraction of sp³-hybridized carbons (Fsp3) is 0.0435. The van der Waals surface area contributed by atoms with Gasteiger partial charge >= 0.3 is 0 Å². The molecule has 3 aromatic rings. The first-order chi connectivity index (χ1) is 14.1. The number of allylic oxidation sites excluding steroid dienone is 3. The smallest absolute Gasteiger partial charge is 0.300 e. The number of methoxy groups -OCH3 is 1. The Bertz CT molecular complexity index is 1120. The van der Waals surface area contributed by atoms with Crippen molar-refractivity contribution in [1.82, 2.24) is 4.98 Å². The summed E-state index contributed by atoms with van der Waals surface area (Å²) >= 11 is 0. The van der Waals surface area contributed by atoms with Crippen molar-refractivity contribution in [3.05, 3.63) is 108 Å². The Morgan fingerprint density at radius 2 is 1.66 bits per heavy atom. The van der Waals surface area contributed by atoms with E-state index in [4.69, 9.17) is 4.74 Å². The Morgan fingerprint density at radius 1 is 0.931 bits per heavy atom. The molecule has 146 valence electrons. The molecular formula is C23H20N2O3S. The van der Waals surface area contributed by atoms with Crippen LogP contribution < -0.4 is 4.74 Å². The molecule has 0 saturated heterocycles. The molecule has 1 aromatic heterocycles. The molecule has 1 heterocycles. The lowest BCUT2D eigenvalue weighted by molar-refractivity contribution is 0.415. The molecule has 2 aromatic carbocycles. The molecule has 0 aliphatic heterocycles. The summed E-state index contributed by atoms with van der Waals surface area (Å²) in [6, 6.07) is 21.5. The molecular weight excluding hydrogens is 384 g/mol. The molecule has 0 unspecified atom stereocenters.